The van der Waals surface area contributed by atoms with Gasteiger partial charge in [0.05, 0.1) is 29.1 Å². The van der Waals surface area contributed by atoms with Crippen molar-refractivity contribution < 1.29 is 9.53 Å². The smallest absolute Gasteiger partial charge is 0.257 e. The van der Waals surface area contributed by atoms with Crippen molar-refractivity contribution >= 4 is 28.9 Å². The molecule has 4 nitrogen and oxygen atoms in total. The Bertz CT molecular complexity index is 614. The molecule has 0 radical (unpaired) electrons. The van der Waals surface area contributed by atoms with Gasteiger partial charge in [-0.1, -0.05) is 29.8 Å². The second kappa shape index (κ2) is 5.63. The normalized spacial score (nSPS) is 10.0. The van der Waals surface area contributed by atoms with Crippen molar-refractivity contribution in [3.63, 3.8) is 0 Å². The molecule has 0 bridgehead atoms. The SMILES string of the molecule is COc1ccccc1NC(=O)c1cccc(N)c1Cl. The molecule has 0 unspecified atom stereocenters. The predicted octanol–water partition coefficient (Wildman–Crippen LogP) is 3.18. The zero-order valence-electron chi connectivity index (χ0n) is 10.3. The van der Waals surface area contributed by atoms with Crippen molar-refractivity contribution in [1.82, 2.24) is 0 Å². The number of amides is 1. The maximum absolute atomic E-state index is 12.1. The highest BCUT2D eigenvalue weighted by Gasteiger charge is 2.13. The van der Waals surface area contributed by atoms with Gasteiger partial charge in [0.15, 0.2) is 0 Å². The molecule has 0 saturated heterocycles. The predicted molar refractivity (Wildman–Crippen MR) is 76.8 cm³/mol. The molecular formula is C14H13ClN2O2. The van der Waals surface area contributed by atoms with Crippen molar-refractivity contribution in [1.29, 1.82) is 0 Å². The highest BCUT2D eigenvalue weighted by atomic mass is 35.5. The number of hydrogen-bond donors (Lipinski definition) is 2. The van der Waals surface area contributed by atoms with Gasteiger partial charge in [-0.25, -0.2) is 0 Å². The molecule has 2 rings (SSSR count). The van der Waals surface area contributed by atoms with Gasteiger partial charge in [0.1, 0.15) is 5.75 Å². The molecule has 98 valence electrons. The molecule has 0 aromatic heterocycles. The number of para-hydroxylation sites is 2. The lowest BCUT2D eigenvalue weighted by atomic mass is 10.2. The number of nitrogens with one attached hydrogen (secondary N) is 1. The van der Waals surface area contributed by atoms with Gasteiger partial charge in [0, 0.05) is 0 Å². The van der Waals surface area contributed by atoms with E-state index in [9.17, 15) is 4.79 Å². The molecule has 0 aliphatic carbocycles. The third-order valence-electron chi connectivity index (χ3n) is 2.63. The van der Waals surface area contributed by atoms with E-state index in [1.165, 1.54) is 0 Å². The van der Waals surface area contributed by atoms with E-state index in [4.69, 9.17) is 22.1 Å². The zero-order valence-corrected chi connectivity index (χ0v) is 11.1. The van der Waals surface area contributed by atoms with Crippen LogP contribution >= 0.6 is 11.6 Å². The third-order valence-corrected chi connectivity index (χ3v) is 3.05. The average Bonchev–Trinajstić information content (AvgIpc) is 2.42. The van der Waals surface area contributed by atoms with Crippen molar-refractivity contribution in [3.05, 3.63) is 53.1 Å². The molecule has 2 aromatic carbocycles. The minimum atomic E-state index is -0.332. The lowest BCUT2D eigenvalue weighted by Crippen LogP contribution is -2.13. The number of carbonyl (C=O) groups excluding carboxylic acids is 1. The summed E-state index contributed by atoms with van der Waals surface area (Å²) in [5.41, 5.74) is 6.94. The highest BCUT2D eigenvalue weighted by molar-refractivity contribution is 6.36. The van der Waals surface area contributed by atoms with Crippen LogP contribution in [0.1, 0.15) is 10.4 Å². The molecule has 19 heavy (non-hydrogen) atoms. The van der Waals surface area contributed by atoms with Crippen LogP contribution in [0.5, 0.6) is 5.75 Å². The average molecular weight is 277 g/mol. The molecule has 5 heteroatoms. The van der Waals surface area contributed by atoms with Gasteiger partial charge in [0.25, 0.3) is 5.91 Å². The molecule has 0 heterocycles. The number of anilines is 2. The first-order valence-electron chi connectivity index (χ1n) is 5.62. The molecule has 0 atom stereocenters. The molecule has 0 saturated carbocycles. The largest absolute Gasteiger partial charge is 0.495 e. The maximum Gasteiger partial charge on any atom is 0.257 e. The molecule has 3 N–H and O–H groups in total. The Morgan fingerprint density at radius 2 is 1.95 bits per heavy atom. The van der Waals surface area contributed by atoms with Crippen LogP contribution in [0.4, 0.5) is 11.4 Å². The van der Waals surface area contributed by atoms with Crippen LogP contribution in [0, 0.1) is 0 Å². The summed E-state index contributed by atoms with van der Waals surface area (Å²) in [6.45, 7) is 0. The fourth-order valence-electron chi connectivity index (χ4n) is 1.66. The lowest BCUT2D eigenvalue weighted by Gasteiger charge is -2.11. The van der Waals surface area contributed by atoms with Crippen LogP contribution < -0.4 is 15.8 Å². The Balaban J connectivity index is 2.28. The van der Waals surface area contributed by atoms with Crippen molar-refractivity contribution in [2.24, 2.45) is 0 Å². The number of benzene rings is 2. The zero-order chi connectivity index (χ0) is 13.8. The fourth-order valence-corrected chi connectivity index (χ4v) is 1.87. The Hall–Kier alpha value is -2.20. The minimum absolute atomic E-state index is 0.245. The summed E-state index contributed by atoms with van der Waals surface area (Å²) in [5, 5.41) is 2.99. The molecule has 2 aromatic rings. The summed E-state index contributed by atoms with van der Waals surface area (Å²) in [5.74, 6) is 0.248. The molecule has 0 aliphatic heterocycles. The highest BCUT2D eigenvalue weighted by Crippen LogP contribution is 2.27. The first kappa shape index (κ1) is 13.2. The van der Waals surface area contributed by atoms with Gasteiger partial charge < -0.3 is 15.8 Å². The third kappa shape index (κ3) is 2.80. The van der Waals surface area contributed by atoms with E-state index in [1.54, 1.807) is 43.5 Å². The van der Waals surface area contributed by atoms with Gasteiger partial charge in [-0.2, -0.15) is 0 Å². The van der Waals surface area contributed by atoms with Crippen LogP contribution in [-0.2, 0) is 0 Å². The molecule has 0 aliphatic rings. The van der Waals surface area contributed by atoms with Crippen LogP contribution in [0.3, 0.4) is 0 Å². The Kier molecular flexibility index (Phi) is 3.92. The minimum Gasteiger partial charge on any atom is -0.495 e. The van der Waals surface area contributed by atoms with Gasteiger partial charge in [-0.05, 0) is 24.3 Å². The number of carbonyl (C=O) groups is 1. The van der Waals surface area contributed by atoms with Crippen molar-refractivity contribution in [3.8, 4) is 5.75 Å². The Labute approximate surface area is 116 Å². The van der Waals surface area contributed by atoms with Gasteiger partial charge in [-0.3, -0.25) is 4.79 Å². The first-order valence-corrected chi connectivity index (χ1v) is 5.99. The summed E-state index contributed by atoms with van der Waals surface area (Å²) in [6, 6.07) is 12.1. The van der Waals surface area contributed by atoms with E-state index in [0.29, 0.717) is 22.7 Å². The number of ether oxygens (including phenoxy) is 1. The summed E-state index contributed by atoms with van der Waals surface area (Å²) in [6.07, 6.45) is 0. The maximum atomic E-state index is 12.1. The van der Waals surface area contributed by atoms with Crippen LogP contribution in [-0.4, -0.2) is 13.0 Å². The molecule has 0 fully saturated rings. The monoisotopic (exact) mass is 276 g/mol. The molecule has 1 amide bonds. The standard InChI is InChI=1S/C14H13ClN2O2/c1-19-12-8-3-2-7-11(12)17-14(18)9-5-4-6-10(16)13(9)15/h2-8H,16H2,1H3,(H,17,18). The Morgan fingerprint density at radius 1 is 1.21 bits per heavy atom. The number of rotatable bonds is 3. The van der Waals surface area contributed by atoms with Crippen molar-refractivity contribution in [2.75, 3.05) is 18.2 Å². The van der Waals surface area contributed by atoms with E-state index in [1.807, 2.05) is 6.07 Å². The van der Waals surface area contributed by atoms with E-state index >= 15 is 0 Å². The number of methoxy groups -OCH3 is 1. The number of nitrogen functional groups attached to an aromatic ring is 1. The fraction of sp³-hybridized carbons (Fsp3) is 0.0714. The van der Waals surface area contributed by atoms with E-state index in [0.717, 1.165) is 0 Å². The molecule has 0 spiro atoms. The summed E-state index contributed by atoms with van der Waals surface area (Å²) < 4.78 is 5.16. The summed E-state index contributed by atoms with van der Waals surface area (Å²) in [7, 11) is 1.54. The van der Waals surface area contributed by atoms with E-state index < -0.39 is 0 Å². The second-order valence-corrected chi connectivity index (χ2v) is 4.24. The van der Waals surface area contributed by atoms with Crippen LogP contribution in [0.2, 0.25) is 5.02 Å². The van der Waals surface area contributed by atoms with Gasteiger partial charge in [-0.15, -0.1) is 0 Å². The Morgan fingerprint density at radius 3 is 2.68 bits per heavy atom. The number of hydrogen-bond acceptors (Lipinski definition) is 3. The van der Waals surface area contributed by atoms with E-state index in [2.05, 4.69) is 5.32 Å². The number of nitrogens with two attached hydrogens (primary N) is 1. The summed E-state index contributed by atoms with van der Waals surface area (Å²) >= 11 is 6.01. The first-order chi connectivity index (χ1) is 9.13. The topological polar surface area (TPSA) is 64.3 Å². The van der Waals surface area contributed by atoms with Crippen molar-refractivity contribution in [2.45, 2.75) is 0 Å². The van der Waals surface area contributed by atoms with Gasteiger partial charge in [0.2, 0.25) is 0 Å². The second-order valence-electron chi connectivity index (χ2n) is 3.86. The van der Waals surface area contributed by atoms with Gasteiger partial charge >= 0.3 is 0 Å². The molecular weight excluding hydrogens is 264 g/mol. The number of halogens is 1. The van der Waals surface area contributed by atoms with E-state index in [-0.39, 0.29) is 10.9 Å². The lowest BCUT2D eigenvalue weighted by molar-refractivity contribution is 0.102. The van der Waals surface area contributed by atoms with Crippen LogP contribution in [0.15, 0.2) is 42.5 Å². The quantitative estimate of drug-likeness (QED) is 0.846. The summed E-state index contributed by atoms with van der Waals surface area (Å²) in [4.78, 5) is 12.1. The van der Waals surface area contributed by atoms with Crippen LogP contribution in [0.25, 0.3) is 0 Å².